The van der Waals surface area contributed by atoms with E-state index in [0.29, 0.717) is 28.9 Å². The second kappa shape index (κ2) is 10.6. The van der Waals surface area contributed by atoms with Crippen LogP contribution in [0, 0.1) is 0 Å². The number of methoxy groups -OCH3 is 2. The van der Waals surface area contributed by atoms with Crippen molar-refractivity contribution in [2.24, 2.45) is 4.99 Å². The molecule has 1 aromatic heterocycles. The number of hydrogen-bond acceptors (Lipinski definition) is 9. The molecule has 0 bridgehead atoms. The molecule has 0 saturated carbocycles. The Kier molecular flexibility index (Phi) is 7.55. The number of ether oxygens (including phenoxy) is 2. The molecule has 13 heteroatoms. The highest BCUT2D eigenvalue weighted by atomic mass is 32.2. The molecule has 0 spiro atoms. The molecule has 0 radical (unpaired) electrons. The highest BCUT2D eigenvalue weighted by Crippen LogP contribution is 2.27. The van der Waals surface area contributed by atoms with Gasteiger partial charge in [0.15, 0.2) is 14.6 Å². The molecule has 4 rings (SSSR count). The number of anilines is 1. The van der Waals surface area contributed by atoms with E-state index in [1.165, 1.54) is 35.8 Å². The number of carbonyl (C=O) groups is 4. The Bertz CT molecular complexity index is 1590. The Balaban J connectivity index is 1.58. The summed E-state index contributed by atoms with van der Waals surface area (Å²) in [6.07, 6.45) is 0.625. The van der Waals surface area contributed by atoms with Crippen LogP contribution in [0.4, 0.5) is 5.69 Å². The Morgan fingerprint density at radius 1 is 1.03 bits per heavy atom. The fourth-order valence-electron chi connectivity index (χ4n) is 3.99. The fraction of sp³-hybridized carbons (Fsp3) is 0.292. The van der Waals surface area contributed by atoms with Gasteiger partial charge in [-0.1, -0.05) is 29.5 Å². The summed E-state index contributed by atoms with van der Waals surface area (Å²) < 4.78 is 36.7. The lowest BCUT2D eigenvalue weighted by Gasteiger charge is -2.17. The number of esters is 2. The van der Waals surface area contributed by atoms with Crippen LogP contribution in [-0.4, -0.2) is 69.0 Å². The minimum atomic E-state index is -4.12. The smallest absolute Gasteiger partial charge is 0.337 e. The Hall–Kier alpha value is -3.84. The maximum atomic E-state index is 12.7. The van der Waals surface area contributed by atoms with Gasteiger partial charge in [-0.2, -0.15) is 4.99 Å². The summed E-state index contributed by atoms with van der Waals surface area (Å²) in [4.78, 5) is 54.6. The van der Waals surface area contributed by atoms with Crippen LogP contribution in [0.1, 0.15) is 15.9 Å². The van der Waals surface area contributed by atoms with Crippen LogP contribution in [0.3, 0.4) is 0 Å². The molecule has 1 aliphatic heterocycles. The number of carbonyl (C=O) groups excluding carboxylic acids is 4. The highest BCUT2D eigenvalue weighted by molar-refractivity contribution is 7.92. The summed E-state index contributed by atoms with van der Waals surface area (Å²) in [6.45, 7) is 0.0781. The van der Waals surface area contributed by atoms with Crippen LogP contribution < -0.4 is 9.70 Å². The third-order valence-corrected chi connectivity index (χ3v) is 8.13. The number of sulfone groups is 1. The first-order valence-corrected chi connectivity index (χ1v) is 13.7. The van der Waals surface area contributed by atoms with Gasteiger partial charge in [0.2, 0.25) is 5.91 Å². The molecule has 2 amide bonds. The normalized spacial score (nSPS) is 13.5. The van der Waals surface area contributed by atoms with Crippen molar-refractivity contribution in [2.75, 3.05) is 37.2 Å². The third-order valence-electron chi connectivity index (χ3n) is 5.71. The molecule has 0 fully saturated rings. The maximum absolute atomic E-state index is 12.7. The molecule has 1 aliphatic rings. The van der Waals surface area contributed by atoms with Gasteiger partial charge >= 0.3 is 11.9 Å². The van der Waals surface area contributed by atoms with E-state index in [0.717, 1.165) is 16.9 Å². The first kappa shape index (κ1) is 26.2. The van der Waals surface area contributed by atoms with Crippen molar-refractivity contribution < 1.29 is 37.1 Å². The van der Waals surface area contributed by atoms with E-state index in [4.69, 9.17) is 9.47 Å². The zero-order valence-corrected chi connectivity index (χ0v) is 21.6. The van der Waals surface area contributed by atoms with Crippen LogP contribution in [0.5, 0.6) is 0 Å². The van der Waals surface area contributed by atoms with Gasteiger partial charge in [-0.25, -0.2) is 13.2 Å². The molecule has 194 valence electrons. The molecule has 0 aliphatic carbocycles. The molecule has 37 heavy (non-hydrogen) atoms. The summed E-state index contributed by atoms with van der Waals surface area (Å²) in [5.74, 6) is -4.60. The first-order valence-electron chi connectivity index (χ1n) is 11.1. The number of fused-ring (bicyclic) bond motifs is 2. The number of aromatic nitrogens is 1. The number of amides is 2. The quantitative estimate of drug-likeness (QED) is 0.402. The number of nitrogens with zero attached hydrogens (tertiary/aromatic N) is 3. The van der Waals surface area contributed by atoms with Crippen molar-refractivity contribution in [1.82, 2.24) is 4.57 Å². The summed E-state index contributed by atoms with van der Waals surface area (Å²) in [5.41, 5.74) is 2.36. The van der Waals surface area contributed by atoms with Gasteiger partial charge in [0.1, 0.15) is 18.1 Å². The number of thiazole rings is 1. The van der Waals surface area contributed by atoms with E-state index in [-0.39, 0.29) is 16.9 Å². The lowest BCUT2D eigenvalue weighted by molar-refractivity contribution is -0.141. The summed E-state index contributed by atoms with van der Waals surface area (Å²) >= 11 is 0.989. The van der Waals surface area contributed by atoms with E-state index in [2.05, 4.69) is 4.99 Å². The molecule has 2 heterocycles. The van der Waals surface area contributed by atoms with Gasteiger partial charge in [-0.3, -0.25) is 14.4 Å². The third kappa shape index (κ3) is 5.78. The molecule has 0 unspecified atom stereocenters. The average Bonchev–Trinajstić information content (AvgIpc) is 3.43. The zero-order valence-electron chi connectivity index (χ0n) is 20.0. The van der Waals surface area contributed by atoms with Crippen LogP contribution in [0.2, 0.25) is 0 Å². The first-order chi connectivity index (χ1) is 17.6. The van der Waals surface area contributed by atoms with Gasteiger partial charge in [0.25, 0.3) is 5.91 Å². The second-order valence-corrected chi connectivity index (χ2v) is 11.3. The zero-order chi connectivity index (χ0) is 26.7. The van der Waals surface area contributed by atoms with Gasteiger partial charge < -0.3 is 18.9 Å². The monoisotopic (exact) mass is 545 g/mol. The predicted molar refractivity (Wildman–Crippen MR) is 135 cm³/mol. The van der Waals surface area contributed by atoms with Gasteiger partial charge in [-0.15, -0.1) is 0 Å². The Morgan fingerprint density at radius 2 is 1.78 bits per heavy atom. The van der Waals surface area contributed by atoms with E-state index in [9.17, 15) is 27.6 Å². The van der Waals surface area contributed by atoms with Crippen molar-refractivity contribution in [2.45, 2.75) is 13.0 Å². The lowest BCUT2D eigenvalue weighted by Crippen LogP contribution is -2.36. The van der Waals surface area contributed by atoms with Crippen molar-refractivity contribution in [3.05, 3.63) is 58.4 Å². The predicted octanol–water partition coefficient (Wildman–Crippen LogP) is 1.09. The number of hydrogen-bond donors (Lipinski definition) is 0. The minimum absolute atomic E-state index is 0.0439. The second-order valence-electron chi connectivity index (χ2n) is 8.18. The van der Waals surface area contributed by atoms with E-state index in [1.807, 2.05) is 12.1 Å². The molecule has 0 atom stereocenters. The van der Waals surface area contributed by atoms with Crippen LogP contribution in [0.15, 0.2) is 47.5 Å². The maximum Gasteiger partial charge on any atom is 0.337 e. The van der Waals surface area contributed by atoms with E-state index >= 15 is 0 Å². The number of para-hydroxylation sites is 1. The number of benzene rings is 2. The van der Waals surface area contributed by atoms with Gasteiger partial charge in [0, 0.05) is 12.2 Å². The minimum Gasteiger partial charge on any atom is -0.468 e. The van der Waals surface area contributed by atoms with Crippen LogP contribution in [-0.2, 0) is 46.7 Å². The molecule has 0 N–H and O–H groups in total. The summed E-state index contributed by atoms with van der Waals surface area (Å²) in [7, 11) is -1.68. The van der Waals surface area contributed by atoms with Crippen LogP contribution in [0.25, 0.3) is 10.2 Å². The lowest BCUT2D eigenvalue weighted by atomic mass is 10.2. The molecule has 2 aromatic carbocycles. The summed E-state index contributed by atoms with van der Waals surface area (Å²) in [5, 5.41) is 0. The largest absolute Gasteiger partial charge is 0.468 e. The van der Waals surface area contributed by atoms with E-state index < -0.39 is 45.1 Å². The van der Waals surface area contributed by atoms with Gasteiger partial charge in [0.05, 0.1) is 30.0 Å². The molecule has 11 nitrogen and oxygen atoms in total. The SMILES string of the molecule is COC(=O)Cn1c(=NC(=O)CS(=O)(=O)CC(=O)N2CCc3ccccc32)sc2cc(C(=O)OC)ccc21. The Morgan fingerprint density at radius 3 is 2.51 bits per heavy atom. The van der Waals surface area contributed by atoms with E-state index in [1.54, 1.807) is 18.2 Å². The van der Waals surface area contributed by atoms with Crippen molar-refractivity contribution in [1.29, 1.82) is 0 Å². The van der Waals surface area contributed by atoms with Crippen molar-refractivity contribution >= 4 is 60.8 Å². The molecule has 3 aromatic rings. The fourth-order valence-corrected chi connectivity index (χ4v) is 6.15. The topological polar surface area (TPSA) is 141 Å². The standard InChI is InChI=1S/C24H23N3O8S2/c1-34-22(30)12-27-18-8-7-16(23(31)35-2)11-19(18)36-24(27)25-20(28)13-37(32,33)14-21(29)26-10-9-15-5-3-4-6-17(15)26/h3-8,11H,9-10,12-14H2,1-2H3. The molecular formula is C24H23N3O8S2. The number of rotatable bonds is 7. The van der Waals surface area contributed by atoms with Crippen molar-refractivity contribution in [3.63, 3.8) is 0 Å². The average molecular weight is 546 g/mol. The molecular weight excluding hydrogens is 522 g/mol. The summed E-state index contributed by atoms with van der Waals surface area (Å²) in [6, 6.07) is 11.8. The van der Waals surface area contributed by atoms with Crippen molar-refractivity contribution in [3.8, 4) is 0 Å². The Labute approximate surface area is 215 Å². The van der Waals surface area contributed by atoms with Crippen LogP contribution >= 0.6 is 11.3 Å². The van der Waals surface area contributed by atoms with Gasteiger partial charge in [-0.05, 0) is 36.2 Å². The highest BCUT2D eigenvalue weighted by Gasteiger charge is 2.29. The molecule has 0 saturated heterocycles.